The highest BCUT2D eigenvalue weighted by atomic mass is 79.9. The van der Waals surface area contributed by atoms with Crippen molar-refractivity contribution in [3.63, 3.8) is 0 Å². The molecule has 1 N–H and O–H groups in total. The molecule has 0 radical (unpaired) electrons. The van der Waals surface area contributed by atoms with Gasteiger partial charge in [0.1, 0.15) is 10.4 Å². The van der Waals surface area contributed by atoms with E-state index in [0.29, 0.717) is 30.6 Å². The molecule has 8 nitrogen and oxygen atoms in total. The van der Waals surface area contributed by atoms with Gasteiger partial charge in [0.15, 0.2) is 5.52 Å². The lowest BCUT2D eigenvalue weighted by Gasteiger charge is -2.31. The first-order valence-corrected chi connectivity index (χ1v) is 11.0. The van der Waals surface area contributed by atoms with Gasteiger partial charge in [-0.1, -0.05) is 22.0 Å². The van der Waals surface area contributed by atoms with Crippen LogP contribution in [0.1, 0.15) is 12.8 Å². The van der Waals surface area contributed by atoms with E-state index in [1.807, 2.05) is 12.1 Å². The number of hydrogen-bond acceptors (Lipinski definition) is 6. The summed E-state index contributed by atoms with van der Waals surface area (Å²) in [5, 5.41) is 10.3. The van der Waals surface area contributed by atoms with Gasteiger partial charge in [-0.05, 0) is 59.6 Å². The van der Waals surface area contributed by atoms with E-state index >= 15 is 0 Å². The molecule has 2 aromatic carbocycles. The summed E-state index contributed by atoms with van der Waals surface area (Å²) in [6.45, 7) is 0.471. The van der Waals surface area contributed by atoms with Crippen molar-refractivity contribution in [1.82, 2.24) is 14.6 Å². The van der Waals surface area contributed by atoms with Crippen LogP contribution in [0.3, 0.4) is 0 Å². The summed E-state index contributed by atoms with van der Waals surface area (Å²) in [4.78, 5) is 12.7. The zero-order valence-corrected chi connectivity index (χ0v) is 17.1. The number of nitrogens with zero attached hydrogens (tertiary/aromatic N) is 3. The molecular formula is C18H17BrN4O4S. The molecule has 1 aliphatic heterocycles. The molecule has 0 aliphatic carbocycles. The zero-order chi connectivity index (χ0) is 19.7. The van der Waals surface area contributed by atoms with E-state index in [1.165, 1.54) is 10.4 Å². The molecule has 1 aromatic heterocycles. The third-order valence-corrected chi connectivity index (χ3v) is 7.16. The summed E-state index contributed by atoms with van der Waals surface area (Å²) in [5.41, 5.74) is 1.25. The number of carbonyl (C=O) groups excluding carboxylic acids is 1. The molecule has 0 bridgehead atoms. The number of benzene rings is 2. The average molecular weight is 465 g/mol. The lowest BCUT2D eigenvalue weighted by Crippen LogP contribution is -2.43. The number of rotatable bonds is 4. The molecule has 2 heterocycles. The van der Waals surface area contributed by atoms with E-state index in [9.17, 15) is 13.2 Å². The van der Waals surface area contributed by atoms with Crippen molar-refractivity contribution in [3.05, 3.63) is 46.9 Å². The fourth-order valence-corrected chi connectivity index (χ4v) is 5.21. The topological polar surface area (TPSA) is 105 Å². The first-order chi connectivity index (χ1) is 13.4. The Balaban J connectivity index is 1.53. The summed E-state index contributed by atoms with van der Waals surface area (Å²) < 4.78 is 33.2. The number of nitrogens with one attached hydrogen (secondary N) is 1. The number of hydrogen-bond donors (Lipinski definition) is 1. The molecule has 3 aromatic rings. The third-order valence-electron chi connectivity index (χ3n) is 4.73. The first kappa shape index (κ1) is 19.0. The molecule has 1 fully saturated rings. The average Bonchev–Trinajstić information content (AvgIpc) is 3.18. The summed E-state index contributed by atoms with van der Waals surface area (Å²) in [6.07, 6.45) is 1.23. The monoisotopic (exact) mass is 464 g/mol. The second kappa shape index (κ2) is 7.61. The van der Waals surface area contributed by atoms with Gasteiger partial charge in [-0.3, -0.25) is 4.79 Å². The highest BCUT2D eigenvalue weighted by Gasteiger charge is 2.34. The van der Waals surface area contributed by atoms with Crippen LogP contribution < -0.4 is 5.32 Å². The molecule has 28 heavy (non-hydrogen) atoms. The van der Waals surface area contributed by atoms with E-state index in [0.717, 1.165) is 4.47 Å². The fourth-order valence-electron chi connectivity index (χ4n) is 3.28. The molecule has 1 amide bonds. The molecular weight excluding hydrogens is 448 g/mol. The SMILES string of the molecule is O=C(Nc1ccc(Br)cc1)C1CCCN(S(=O)(=O)c2cccc3nonc23)C1. The Kier molecular flexibility index (Phi) is 5.17. The van der Waals surface area contributed by atoms with Crippen LogP contribution in [-0.2, 0) is 14.8 Å². The van der Waals surface area contributed by atoms with E-state index in [-0.39, 0.29) is 22.9 Å². The van der Waals surface area contributed by atoms with Crippen LogP contribution in [0.15, 0.2) is 56.5 Å². The van der Waals surface area contributed by atoms with Gasteiger partial charge in [-0.15, -0.1) is 0 Å². The maximum atomic E-state index is 13.1. The molecule has 146 valence electrons. The van der Waals surface area contributed by atoms with Gasteiger partial charge in [0.2, 0.25) is 15.9 Å². The van der Waals surface area contributed by atoms with Crippen LogP contribution >= 0.6 is 15.9 Å². The van der Waals surface area contributed by atoms with Gasteiger partial charge < -0.3 is 5.32 Å². The number of piperidine rings is 1. The second-order valence-corrected chi connectivity index (χ2v) is 9.41. The Bertz CT molecular complexity index is 1110. The molecule has 0 spiro atoms. The van der Waals surface area contributed by atoms with Crippen LogP contribution in [-0.4, -0.2) is 42.0 Å². The van der Waals surface area contributed by atoms with Crippen molar-refractivity contribution >= 4 is 48.6 Å². The minimum Gasteiger partial charge on any atom is -0.326 e. The lowest BCUT2D eigenvalue weighted by atomic mass is 9.99. The van der Waals surface area contributed by atoms with Gasteiger partial charge in [-0.2, -0.15) is 4.31 Å². The number of aromatic nitrogens is 2. The summed E-state index contributed by atoms with van der Waals surface area (Å²) >= 11 is 3.35. The number of carbonyl (C=O) groups is 1. The third kappa shape index (κ3) is 3.67. The van der Waals surface area contributed by atoms with Gasteiger partial charge >= 0.3 is 0 Å². The normalized spacial score (nSPS) is 18.2. The second-order valence-electron chi connectivity index (χ2n) is 6.59. The Morgan fingerprint density at radius 3 is 2.75 bits per heavy atom. The predicted octanol–water partition coefficient (Wildman–Crippen LogP) is 3.02. The Hall–Kier alpha value is -2.30. The van der Waals surface area contributed by atoms with Crippen molar-refractivity contribution in [3.8, 4) is 0 Å². The van der Waals surface area contributed by atoms with E-state index < -0.39 is 15.9 Å². The summed E-state index contributed by atoms with van der Waals surface area (Å²) in [5.74, 6) is -0.620. The van der Waals surface area contributed by atoms with Crippen molar-refractivity contribution in [2.24, 2.45) is 5.92 Å². The quantitative estimate of drug-likeness (QED) is 0.635. The smallest absolute Gasteiger partial charge is 0.245 e. The Morgan fingerprint density at radius 2 is 1.96 bits per heavy atom. The molecule has 10 heteroatoms. The van der Waals surface area contributed by atoms with Gasteiger partial charge in [0.05, 0.1) is 5.92 Å². The van der Waals surface area contributed by atoms with Crippen molar-refractivity contribution < 1.29 is 17.8 Å². The number of amides is 1. The highest BCUT2D eigenvalue weighted by molar-refractivity contribution is 9.10. The molecule has 1 atom stereocenters. The van der Waals surface area contributed by atoms with Crippen LogP contribution in [0.5, 0.6) is 0 Å². The lowest BCUT2D eigenvalue weighted by molar-refractivity contribution is -0.120. The number of fused-ring (bicyclic) bond motifs is 1. The van der Waals surface area contributed by atoms with Crippen molar-refractivity contribution in [1.29, 1.82) is 0 Å². The van der Waals surface area contributed by atoms with Crippen LogP contribution in [0, 0.1) is 5.92 Å². The molecule has 1 aliphatic rings. The molecule has 1 unspecified atom stereocenters. The van der Waals surface area contributed by atoms with Crippen molar-refractivity contribution in [2.45, 2.75) is 17.7 Å². The largest absolute Gasteiger partial charge is 0.326 e. The van der Waals surface area contributed by atoms with E-state index in [2.05, 4.69) is 36.2 Å². The maximum Gasteiger partial charge on any atom is 0.245 e. The van der Waals surface area contributed by atoms with Crippen LogP contribution in [0.25, 0.3) is 11.0 Å². The van der Waals surface area contributed by atoms with E-state index in [4.69, 9.17) is 0 Å². The molecule has 4 rings (SSSR count). The maximum absolute atomic E-state index is 13.1. The number of halogens is 1. The minimum absolute atomic E-state index is 0.0419. The standard InChI is InChI=1S/C18H17BrN4O4S/c19-13-6-8-14(9-7-13)20-18(24)12-3-2-10-23(11-12)28(25,26)16-5-1-4-15-17(16)22-27-21-15/h1,4-9,12H,2-3,10-11H2,(H,20,24). The molecule has 0 saturated carbocycles. The van der Waals surface area contributed by atoms with Crippen molar-refractivity contribution in [2.75, 3.05) is 18.4 Å². The first-order valence-electron chi connectivity index (χ1n) is 8.73. The summed E-state index contributed by atoms with van der Waals surface area (Å²) in [6, 6.07) is 12.0. The van der Waals surface area contributed by atoms with Gasteiger partial charge in [-0.25, -0.2) is 13.0 Å². The Labute approximate surface area is 170 Å². The van der Waals surface area contributed by atoms with Gasteiger partial charge in [0, 0.05) is 23.2 Å². The van der Waals surface area contributed by atoms with E-state index in [1.54, 1.807) is 24.3 Å². The predicted molar refractivity (Wildman–Crippen MR) is 106 cm³/mol. The number of sulfonamides is 1. The summed E-state index contributed by atoms with van der Waals surface area (Å²) in [7, 11) is -3.82. The fraction of sp³-hybridized carbons (Fsp3) is 0.278. The number of anilines is 1. The highest BCUT2D eigenvalue weighted by Crippen LogP contribution is 2.28. The minimum atomic E-state index is -3.82. The zero-order valence-electron chi connectivity index (χ0n) is 14.7. The van der Waals surface area contributed by atoms with Gasteiger partial charge in [0.25, 0.3) is 0 Å². The Morgan fingerprint density at radius 1 is 1.18 bits per heavy atom. The van der Waals surface area contributed by atoms with Crippen LogP contribution in [0.4, 0.5) is 5.69 Å². The van der Waals surface area contributed by atoms with Crippen LogP contribution in [0.2, 0.25) is 0 Å². The molecule has 1 saturated heterocycles.